The van der Waals surface area contributed by atoms with Crippen molar-refractivity contribution >= 4 is 34.8 Å². The number of amides is 2. The number of hydrogen-bond donors (Lipinski definition) is 3. The summed E-state index contributed by atoms with van der Waals surface area (Å²) < 4.78 is 67.9. The van der Waals surface area contributed by atoms with Crippen molar-refractivity contribution in [2.24, 2.45) is 5.92 Å². The standard InChI is InChI=1S/C29H35ClF5N5O2/c1-18-17-39(11-8-29(33,34)35)12-13-40(18)24-15-21(30)3-5-23(24)38-28(42)22-4-2-20(26(31)27(22)32)16-37-25(41)14-19-6-9-36-10-7-19/h2-5,15,18-19,36H,6-14,16-17H2,1H3,(H,37,41)(H,38,42)/t18-/m1/s1. The highest BCUT2D eigenvalue weighted by molar-refractivity contribution is 6.31. The Balaban J connectivity index is 1.41. The lowest BCUT2D eigenvalue weighted by atomic mass is 9.94. The molecule has 13 heteroatoms. The predicted molar refractivity (Wildman–Crippen MR) is 152 cm³/mol. The van der Waals surface area contributed by atoms with Gasteiger partial charge >= 0.3 is 6.18 Å². The van der Waals surface area contributed by atoms with Crippen LogP contribution in [0.15, 0.2) is 30.3 Å². The molecule has 0 unspecified atom stereocenters. The molecule has 2 fully saturated rings. The van der Waals surface area contributed by atoms with E-state index in [-0.39, 0.29) is 36.5 Å². The van der Waals surface area contributed by atoms with Crippen LogP contribution in [0.2, 0.25) is 5.02 Å². The van der Waals surface area contributed by atoms with Crippen LogP contribution in [0.25, 0.3) is 0 Å². The highest BCUT2D eigenvalue weighted by Crippen LogP contribution is 2.33. The summed E-state index contributed by atoms with van der Waals surface area (Å²) in [4.78, 5) is 29.0. The Morgan fingerprint density at radius 2 is 1.81 bits per heavy atom. The Morgan fingerprint density at radius 1 is 1.07 bits per heavy atom. The normalized spacial score (nSPS) is 18.6. The summed E-state index contributed by atoms with van der Waals surface area (Å²) in [6.45, 7) is 4.35. The minimum Gasteiger partial charge on any atom is -0.365 e. The van der Waals surface area contributed by atoms with Crippen LogP contribution in [0.3, 0.4) is 0 Å². The lowest BCUT2D eigenvalue weighted by Gasteiger charge is -2.42. The van der Waals surface area contributed by atoms with E-state index in [4.69, 9.17) is 11.6 Å². The van der Waals surface area contributed by atoms with Gasteiger partial charge in [-0.2, -0.15) is 13.2 Å². The quantitative estimate of drug-likeness (QED) is 0.332. The molecular formula is C29H35ClF5N5O2. The molecule has 3 N–H and O–H groups in total. The third-order valence-corrected chi connectivity index (χ3v) is 7.99. The van der Waals surface area contributed by atoms with Crippen LogP contribution in [-0.4, -0.2) is 68.2 Å². The minimum atomic E-state index is -4.24. The molecule has 0 aromatic heterocycles. The highest BCUT2D eigenvalue weighted by atomic mass is 35.5. The fourth-order valence-corrected chi connectivity index (χ4v) is 5.60. The maximum absolute atomic E-state index is 15.0. The molecule has 42 heavy (non-hydrogen) atoms. The number of carbonyl (C=O) groups excluding carboxylic acids is 2. The lowest BCUT2D eigenvalue weighted by molar-refractivity contribution is -0.138. The molecule has 2 aliphatic heterocycles. The zero-order valence-electron chi connectivity index (χ0n) is 23.3. The van der Waals surface area contributed by atoms with Gasteiger partial charge in [0.2, 0.25) is 5.91 Å². The van der Waals surface area contributed by atoms with Crippen molar-refractivity contribution in [2.45, 2.75) is 51.4 Å². The Hall–Kier alpha value is -2.96. The molecule has 0 radical (unpaired) electrons. The van der Waals surface area contributed by atoms with Gasteiger partial charge in [-0.15, -0.1) is 0 Å². The van der Waals surface area contributed by atoms with Crippen molar-refractivity contribution in [3.63, 3.8) is 0 Å². The van der Waals surface area contributed by atoms with Gasteiger partial charge in [0.25, 0.3) is 5.91 Å². The zero-order valence-corrected chi connectivity index (χ0v) is 24.1. The topological polar surface area (TPSA) is 76.7 Å². The first-order valence-electron chi connectivity index (χ1n) is 14.0. The summed E-state index contributed by atoms with van der Waals surface area (Å²) in [5.41, 5.74) is 0.233. The predicted octanol–water partition coefficient (Wildman–Crippen LogP) is 5.34. The Kier molecular flexibility index (Phi) is 10.7. The van der Waals surface area contributed by atoms with Gasteiger partial charge in [-0.05, 0) is 63.0 Å². The number of hydrogen-bond acceptors (Lipinski definition) is 5. The number of nitrogens with one attached hydrogen (secondary N) is 3. The average molecular weight is 616 g/mol. The molecule has 2 aromatic rings. The van der Waals surface area contributed by atoms with Gasteiger partial charge < -0.3 is 20.9 Å². The van der Waals surface area contributed by atoms with E-state index < -0.39 is 35.7 Å². The van der Waals surface area contributed by atoms with Gasteiger partial charge in [0, 0.05) is 55.8 Å². The van der Waals surface area contributed by atoms with Gasteiger partial charge in [-0.3, -0.25) is 14.5 Å². The second-order valence-corrected chi connectivity index (χ2v) is 11.3. The number of alkyl halides is 3. The summed E-state index contributed by atoms with van der Waals surface area (Å²) >= 11 is 6.22. The van der Waals surface area contributed by atoms with Crippen LogP contribution in [0, 0.1) is 17.6 Å². The van der Waals surface area contributed by atoms with E-state index >= 15 is 4.39 Å². The fourth-order valence-electron chi connectivity index (χ4n) is 5.43. The number of piperazine rings is 1. The Morgan fingerprint density at radius 3 is 2.50 bits per heavy atom. The Bertz CT molecular complexity index is 1270. The van der Waals surface area contributed by atoms with E-state index in [1.54, 1.807) is 17.0 Å². The van der Waals surface area contributed by atoms with E-state index in [1.807, 2.05) is 11.8 Å². The molecule has 0 spiro atoms. The molecule has 2 aliphatic rings. The first-order valence-corrected chi connectivity index (χ1v) is 14.4. The molecule has 2 heterocycles. The summed E-state index contributed by atoms with van der Waals surface area (Å²) in [7, 11) is 0. The van der Waals surface area contributed by atoms with E-state index in [9.17, 15) is 27.2 Å². The zero-order chi connectivity index (χ0) is 30.4. The van der Waals surface area contributed by atoms with Gasteiger partial charge in [-0.25, -0.2) is 8.78 Å². The molecule has 0 bridgehead atoms. The third kappa shape index (κ3) is 8.54. The van der Waals surface area contributed by atoms with E-state index in [1.165, 1.54) is 18.2 Å². The fraction of sp³-hybridized carbons (Fsp3) is 0.517. The molecule has 230 valence electrons. The second-order valence-electron chi connectivity index (χ2n) is 10.9. The van der Waals surface area contributed by atoms with E-state index in [0.717, 1.165) is 25.9 Å². The molecule has 4 rings (SSSR count). The SMILES string of the molecule is C[C@@H]1CN(CCC(F)(F)F)CCN1c1cc(Cl)ccc1NC(=O)c1ccc(CNC(=O)CC2CCNCC2)c(F)c1F. The number of nitrogens with zero attached hydrogens (tertiary/aromatic N) is 2. The van der Waals surface area contributed by atoms with Gasteiger partial charge in [0.15, 0.2) is 11.6 Å². The molecule has 7 nitrogen and oxygen atoms in total. The van der Waals surface area contributed by atoms with Crippen LogP contribution >= 0.6 is 11.6 Å². The van der Waals surface area contributed by atoms with Crippen molar-refractivity contribution in [3.8, 4) is 0 Å². The average Bonchev–Trinajstić information content (AvgIpc) is 2.94. The van der Waals surface area contributed by atoms with Crippen LogP contribution in [0.1, 0.15) is 48.5 Å². The van der Waals surface area contributed by atoms with Crippen LogP contribution in [0.5, 0.6) is 0 Å². The van der Waals surface area contributed by atoms with Gasteiger partial charge in [-0.1, -0.05) is 17.7 Å². The van der Waals surface area contributed by atoms with Crippen LogP contribution < -0.4 is 20.9 Å². The smallest absolute Gasteiger partial charge is 0.365 e. The number of piperidine rings is 1. The van der Waals surface area contributed by atoms with Gasteiger partial charge in [0.1, 0.15) is 0 Å². The molecule has 1 atom stereocenters. The van der Waals surface area contributed by atoms with Crippen LogP contribution in [-0.2, 0) is 11.3 Å². The maximum atomic E-state index is 15.0. The molecule has 0 saturated carbocycles. The number of halogens is 6. The molecule has 2 aromatic carbocycles. The van der Waals surface area contributed by atoms with E-state index in [2.05, 4.69) is 16.0 Å². The van der Waals surface area contributed by atoms with Crippen molar-refractivity contribution < 1.29 is 31.5 Å². The summed E-state index contributed by atoms with van der Waals surface area (Å²) in [6, 6.07) is 6.92. The first kappa shape index (κ1) is 32.0. The monoisotopic (exact) mass is 615 g/mol. The highest BCUT2D eigenvalue weighted by Gasteiger charge is 2.31. The molecule has 0 aliphatic carbocycles. The number of anilines is 2. The third-order valence-electron chi connectivity index (χ3n) is 7.76. The lowest BCUT2D eigenvalue weighted by Crippen LogP contribution is -2.52. The molecule has 2 amide bonds. The minimum absolute atomic E-state index is 0.0767. The Labute approximate surface area is 246 Å². The summed E-state index contributed by atoms with van der Waals surface area (Å²) in [5, 5.41) is 8.86. The molecular weight excluding hydrogens is 581 g/mol. The summed E-state index contributed by atoms with van der Waals surface area (Å²) in [6.07, 6.45) is -3.06. The number of benzene rings is 2. The largest absolute Gasteiger partial charge is 0.390 e. The second kappa shape index (κ2) is 14.0. The first-order chi connectivity index (χ1) is 19.9. The van der Waals surface area contributed by atoms with E-state index in [0.29, 0.717) is 42.5 Å². The number of rotatable bonds is 9. The van der Waals surface area contributed by atoms with Crippen molar-refractivity contribution in [1.29, 1.82) is 0 Å². The number of carbonyl (C=O) groups is 2. The van der Waals surface area contributed by atoms with Crippen molar-refractivity contribution in [2.75, 3.05) is 49.5 Å². The molecule has 2 saturated heterocycles. The van der Waals surface area contributed by atoms with Crippen molar-refractivity contribution in [3.05, 3.63) is 58.1 Å². The summed E-state index contributed by atoms with van der Waals surface area (Å²) in [5.74, 6) is -3.43. The van der Waals surface area contributed by atoms with Crippen molar-refractivity contribution in [1.82, 2.24) is 15.5 Å². The maximum Gasteiger partial charge on any atom is 0.390 e. The van der Waals surface area contributed by atoms with Gasteiger partial charge in [0.05, 0.1) is 23.4 Å². The van der Waals surface area contributed by atoms with Crippen LogP contribution in [0.4, 0.5) is 33.3 Å².